The zero-order valence-electron chi connectivity index (χ0n) is 31.1. The maximum absolute atomic E-state index is 6.29. The van der Waals surface area contributed by atoms with Crippen molar-refractivity contribution < 1.29 is 4.42 Å². The van der Waals surface area contributed by atoms with Crippen LogP contribution in [0.25, 0.3) is 106 Å². The summed E-state index contributed by atoms with van der Waals surface area (Å²) in [7, 11) is 0. The molecule has 8 aromatic carbocycles. The van der Waals surface area contributed by atoms with Gasteiger partial charge in [-0.25, -0.2) is 15.0 Å². The molecule has 0 bridgehead atoms. The Balaban J connectivity index is 1.14. The molecule has 0 atom stereocenters. The molecule has 0 saturated heterocycles. The summed E-state index contributed by atoms with van der Waals surface area (Å²) >= 11 is 0. The van der Waals surface area contributed by atoms with Crippen LogP contribution in [0.2, 0.25) is 0 Å². The van der Waals surface area contributed by atoms with Crippen molar-refractivity contribution >= 4 is 43.7 Å². The first-order valence-electron chi connectivity index (χ1n) is 19.2. The molecule has 0 aliphatic heterocycles. The van der Waals surface area contributed by atoms with Crippen LogP contribution in [-0.4, -0.2) is 19.5 Å². The Morgan fingerprint density at radius 1 is 0.386 bits per heavy atom. The molecule has 3 aromatic heterocycles. The first-order chi connectivity index (χ1) is 28.1. The quantitative estimate of drug-likeness (QED) is 0.171. The molecule has 3 heterocycles. The van der Waals surface area contributed by atoms with Gasteiger partial charge in [-0.05, 0) is 95.4 Å². The van der Waals surface area contributed by atoms with Crippen LogP contribution in [0, 0.1) is 6.92 Å². The van der Waals surface area contributed by atoms with Crippen molar-refractivity contribution in [3.63, 3.8) is 0 Å². The summed E-state index contributed by atoms with van der Waals surface area (Å²) in [4.78, 5) is 15.9. The van der Waals surface area contributed by atoms with E-state index in [1.807, 2.05) is 18.2 Å². The van der Waals surface area contributed by atoms with Crippen LogP contribution in [0.4, 0.5) is 0 Å². The fourth-order valence-electron chi connectivity index (χ4n) is 8.25. The number of benzene rings is 8. The van der Waals surface area contributed by atoms with Gasteiger partial charge in [-0.3, -0.25) is 0 Å². The van der Waals surface area contributed by atoms with Gasteiger partial charge in [0.05, 0.1) is 11.0 Å². The van der Waals surface area contributed by atoms with E-state index >= 15 is 0 Å². The molecule has 268 valence electrons. The number of aryl methyl sites for hydroxylation is 1. The van der Waals surface area contributed by atoms with E-state index in [1.54, 1.807) is 0 Å². The van der Waals surface area contributed by atoms with Gasteiger partial charge in [-0.15, -0.1) is 0 Å². The third-order valence-corrected chi connectivity index (χ3v) is 10.9. The molecule has 0 amide bonds. The smallest absolute Gasteiger partial charge is 0.166 e. The lowest BCUT2D eigenvalue weighted by Crippen LogP contribution is -2.02. The fraction of sp³-hybridized carbons (Fsp3) is 0.0192. The first-order valence-corrected chi connectivity index (χ1v) is 19.2. The normalized spacial score (nSPS) is 11.6. The van der Waals surface area contributed by atoms with E-state index in [4.69, 9.17) is 19.4 Å². The van der Waals surface area contributed by atoms with Crippen LogP contribution in [0.3, 0.4) is 0 Å². The average molecular weight is 731 g/mol. The lowest BCUT2D eigenvalue weighted by atomic mass is 9.98. The second-order valence-corrected chi connectivity index (χ2v) is 14.5. The van der Waals surface area contributed by atoms with E-state index in [0.717, 1.165) is 88.6 Å². The molecule has 57 heavy (non-hydrogen) atoms. The van der Waals surface area contributed by atoms with E-state index in [2.05, 4.69) is 181 Å². The van der Waals surface area contributed by atoms with Crippen LogP contribution in [0.15, 0.2) is 192 Å². The van der Waals surface area contributed by atoms with Crippen molar-refractivity contribution in [2.45, 2.75) is 6.92 Å². The Hall–Kier alpha value is -7.63. The van der Waals surface area contributed by atoms with E-state index in [9.17, 15) is 0 Å². The van der Waals surface area contributed by atoms with Gasteiger partial charge in [-0.2, -0.15) is 0 Å². The van der Waals surface area contributed by atoms with Gasteiger partial charge >= 0.3 is 0 Å². The number of hydrogen-bond donors (Lipinski definition) is 0. The second-order valence-electron chi connectivity index (χ2n) is 14.5. The summed E-state index contributed by atoms with van der Waals surface area (Å²) in [5.74, 6) is 1.82. The van der Waals surface area contributed by atoms with E-state index < -0.39 is 0 Å². The first kappa shape index (κ1) is 32.8. The van der Waals surface area contributed by atoms with Crippen molar-refractivity contribution in [2.24, 2.45) is 0 Å². The maximum atomic E-state index is 6.29. The maximum Gasteiger partial charge on any atom is 0.166 e. The van der Waals surface area contributed by atoms with E-state index in [1.165, 1.54) is 5.39 Å². The summed E-state index contributed by atoms with van der Waals surface area (Å²) in [6, 6.07) is 65.6. The van der Waals surface area contributed by atoms with Gasteiger partial charge in [-0.1, -0.05) is 127 Å². The number of fused-ring (bicyclic) bond motifs is 6. The minimum absolute atomic E-state index is 0.606. The van der Waals surface area contributed by atoms with Gasteiger partial charge in [0.25, 0.3) is 0 Å². The summed E-state index contributed by atoms with van der Waals surface area (Å²) in [5.41, 5.74) is 13.2. The van der Waals surface area contributed by atoms with Gasteiger partial charge < -0.3 is 8.98 Å². The topological polar surface area (TPSA) is 56.7 Å². The van der Waals surface area contributed by atoms with E-state index in [0.29, 0.717) is 17.5 Å². The molecule has 0 aliphatic rings. The van der Waals surface area contributed by atoms with Crippen molar-refractivity contribution in [2.75, 3.05) is 0 Å². The minimum atomic E-state index is 0.606. The van der Waals surface area contributed by atoms with Crippen molar-refractivity contribution in [1.29, 1.82) is 0 Å². The third-order valence-electron chi connectivity index (χ3n) is 10.9. The summed E-state index contributed by atoms with van der Waals surface area (Å²) in [6.07, 6.45) is 0. The van der Waals surface area contributed by atoms with Crippen LogP contribution in [0.1, 0.15) is 5.56 Å². The van der Waals surface area contributed by atoms with Crippen molar-refractivity contribution in [1.82, 2.24) is 19.5 Å². The fourth-order valence-corrected chi connectivity index (χ4v) is 8.25. The zero-order valence-corrected chi connectivity index (χ0v) is 31.1. The molecular weight excluding hydrogens is 697 g/mol. The van der Waals surface area contributed by atoms with Crippen LogP contribution in [0.5, 0.6) is 0 Å². The van der Waals surface area contributed by atoms with Crippen LogP contribution in [-0.2, 0) is 0 Å². The predicted molar refractivity (Wildman–Crippen MR) is 233 cm³/mol. The molecular formula is C52H34N4O. The Morgan fingerprint density at radius 3 is 1.84 bits per heavy atom. The van der Waals surface area contributed by atoms with E-state index in [-0.39, 0.29) is 0 Å². The molecule has 0 unspecified atom stereocenters. The number of aromatic nitrogens is 4. The Kier molecular flexibility index (Phi) is 7.64. The molecule has 0 radical (unpaired) electrons. The molecule has 5 heteroatoms. The van der Waals surface area contributed by atoms with Gasteiger partial charge in [0.15, 0.2) is 17.5 Å². The molecule has 11 rings (SSSR count). The monoisotopic (exact) mass is 730 g/mol. The van der Waals surface area contributed by atoms with Gasteiger partial charge in [0, 0.05) is 43.9 Å². The molecule has 0 fully saturated rings. The molecule has 11 aromatic rings. The predicted octanol–water partition coefficient (Wildman–Crippen LogP) is 13.5. The van der Waals surface area contributed by atoms with Gasteiger partial charge in [0.2, 0.25) is 0 Å². The number of nitrogens with zero attached hydrogens (tertiary/aromatic N) is 4. The molecule has 0 spiro atoms. The largest absolute Gasteiger partial charge is 0.456 e. The number of hydrogen-bond acceptors (Lipinski definition) is 4. The zero-order chi connectivity index (χ0) is 37.9. The van der Waals surface area contributed by atoms with Crippen LogP contribution >= 0.6 is 0 Å². The highest BCUT2D eigenvalue weighted by Gasteiger charge is 2.21. The Labute approximate surface area is 329 Å². The molecule has 5 nitrogen and oxygen atoms in total. The number of furan rings is 1. The number of para-hydroxylation sites is 4. The standard InChI is InChI=1S/C52H34N4O/c1-33-28-38(36-26-27-43-42-21-9-11-25-47(42)57-48(43)32-36)31-39(29-33)51-53-50(37-17-12-16-35(30-37)34-14-4-2-5-15-34)54-52(55-51)45-23-13-22-44-41-20-8-10-24-46(41)56(49(44)45)40-18-6-3-7-19-40/h2-32H,1H3. The lowest BCUT2D eigenvalue weighted by Gasteiger charge is -2.14. The number of rotatable bonds is 6. The summed E-state index contributed by atoms with van der Waals surface area (Å²) in [5, 5.41) is 4.54. The lowest BCUT2D eigenvalue weighted by molar-refractivity contribution is 0.669. The van der Waals surface area contributed by atoms with Crippen molar-refractivity contribution in [3.05, 3.63) is 194 Å². The minimum Gasteiger partial charge on any atom is -0.456 e. The molecule has 0 aliphatic carbocycles. The highest BCUT2D eigenvalue weighted by molar-refractivity contribution is 6.13. The van der Waals surface area contributed by atoms with Crippen LogP contribution < -0.4 is 0 Å². The highest BCUT2D eigenvalue weighted by atomic mass is 16.3. The second kappa shape index (κ2) is 13.3. The average Bonchev–Trinajstić information content (AvgIpc) is 3.82. The Morgan fingerprint density at radius 2 is 0.982 bits per heavy atom. The highest BCUT2D eigenvalue weighted by Crippen LogP contribution is 2.39. The Bertz CT molecular complexity index is 3310. The summed E-state index contributed by atoms with van der Waals surface area (Å²) < 4.78 is 8.63. The van der Waals surface area contributed by atoms with Crippen molar-refractivity contribution in [3.8, 4) is 62.1 Å². The molecule has 0 N–H and O–H groups in total. The third kappa shape index (κ3) is 5.68. The SMILES string of the molecule is Cc1cc(-c2ccc3c(c2)oc2ccccc23)cc(-c2nc(-c3cccc(-c4ccccc4)c3)nc(-c3cccc4c5ccccc5n(-c5ccccc5)c34)n2)c1. The summed E-state index contributed by atoms with van der Waals surface area (Å²) in [6.45, 7) is 2.12. The van der Waals surface area contributed by atoms with Gasteiger partial charge in [0.1, 0.15) is 11.2 Å². The molecule has 0 saturated carbocycles.